The Morgan fingerprint density at radius 1 is 1.07 bits per heavy atom. The van der Waals surface area contributed by atoms with Crippen molar-refractivity contribution in [3.05, 3.63) is 57.8 Å². The Morgan fingerprint density at radius 3 is 2.31 bits per heavy atom. The molecule has 2 aromatic rings. The molecule has 8 nitrogen and oxygen atoms in total. The van der Waals surface area contributed by atoms with Gasteiger partial charge in [-0.1, -0.05) is 47.5 Å². The molecule has 0 aromatic heterocycles. The Labute approximate surface area is 257 Å². The van der Waals surface area contributed by atoms with Crippen LogP contribution in [0.1, 0.15) is 44.9 Å². The van der Waals surface area contributed by atoms with E-state index in [0.717, 1.165) is 86.2 Å². The lowest BCUT2D eigenvalue weighted by molar-refractivity contribution is -0.148. The predicted molar refractivity (Wildman–Crippen MR) is 171 cm³/mol. The molecule has 1 amide bonds. The number of carbonyl (C=O) groups is 2. The topological polar surface area (TPSA) is 97.3 Å². The minimum atomic E-state index is -0.615. The molecule has 2 bridgehead atoms. The van der Waals surface area contributed by atoms with E-state index >= 15 is 0 Å². The zero-order chi connectivity index (χ0) is 30.1. The van der Waals surface area contributed by atoms with Crippen LogP contribution in [-0.2, 0) is 9.59 Å². The molecule has 224 valence electrons. The summed E-state index contributed by atoms with van der Waals surface area (Å²) in [6.45, 7) is 6.41. The lowest BCUT2D eigenvalue weighted by Crippen LogP contribution is -2.39. The van der Waals surface area contributed by atoms with Crippen LogP contribution < -0.4 is 10.6 Å². The van der Waals surface area contributed by atoms with Crippen molar-refractivity contribution in [2.75, 3.05) is 50.9 Å². The summed E-state index contributed by atoms with van der Waals surface area (Å²) in [6.07, 6.45) is 6.25. The van der Waals surface area contributed by atoms with Crippen LogP contribution in [0.3, 0.4) is 0 Å². The molecule has 0 spiro atoms. The molecule has 0 saturated heterocycles. The summed E-state index contributed by atoms with van der Waals surface area (Å²) in [5.41, 5.74) is 4.41. The number of benzene rings is 2. The number of fused-ring (bicyclic) bond motifs is 2. The van der Waals surface area contributed by atoms with Crippen molar-refractivity contribution in [2.45, 2.75) is 44.9 Å². The Bertz CT molecular complexity index is 1420. The number of anilines is 2. The highest BCUT2D eigenvalue weighted by molar-refractivity contribution is 6.39. The molecule has 3 aliphatic rings. The van der Waals surface area contributed by atoms with Gasteiger partial charge < -0.3 is 20.6 Å². The number of halogens is 2. The molecule has 42 heavy (non-hydrogen) atoms. The zero-order valence-electron chi connectivity index (χ0n) is 24.3. The van der Waals surface area contributed by atoms with Crippen molar-refractivity contribution in [1.29, 1.82) is 0 Å². The SMILES string of the molecule is C=NC1=C(N(C)CC(=O)Nc2cccc(-c3cccc(NC)c3Cl)c2Cl)CCN(CCC23CCC(C(=O)O)(CC2)C3)C1. The molecule has 2 aliphatic carbocycles. The van der Waals surface area contributed by atoms with Crippen LogP contribution in [0.4, 0.5) is 11.4 Å². The van der Waals surface area contributed by atoms with Crippen LogP contribution in [-0.4, -0.2) is 73.8 Å². The number of nitrogens with zero attached hydrogens (tertiary/aromatic N) is 3. The van der Waals surface area contributed by atoms with Crippen molar-refractivity contribution < 1.29 is 14.7 Å². The maximum absolute atomic E-state index is 13.1. The third-order valence-corrected chi connectivity index (χ3v) is 10.4. The van der Waals surface area contributed by atoms with Crippen molar-refractivity contribution in [3.8, 4) is 11.1 Å². The van der Waals surface area contributed by atoms with Gasteiger partial charge in [-0.3, -0.25) is 19.5 Å². The summed E-state index contributed by atoms with van der Waals surface area (Å²) in [6, 6.07) is 11.2. The fourth-order valence-electron chi connectivity index (χ4n) is 7.16. The van der Waals surface area contributed by atoms with Gasteiger partial charge in [-0.15, -0.1) is 0 Å². The van der Waals surface area contributed by atoms with Gasteiger partial charge in [0.15, 0.2) is 0 Å². The Balaban J connectivity index is 1.20. The van der Waals surface area contributed by atoms with E-state index in [1.54, 1.807) is 6.07 Å². The van der Waals surface area contributed by atoms with Crippen molar-refractivity contribution in [1.82, 2.24) is 9.80 Å². The van der Waals surface area contributed by atoms with Gasteiger partial charge in [0, 0.05) is 50.4 Å². The smallest absolute Gasteiger partial charge is 0.309 e. The van der Waals surface area contributed by atoms with Crippen molar-refractivity contribution in [2.24, 2.45) is 15.8 Å². The van der Waals surface area contributed by atoms with Crippen LogP contribution in [0.2, 0.25) is 10.0 Å². The number of hydrogen-bond acceptors (Lipinski definition) is 6. The first-order chi connectivity index (χ1) is 20.1. The Morgan fingerprint density at radius 2 is 1.71 bits per heavy atom. The lowest BCUT2D eigenvalue weighted by atomic mass is 9.80. The van der Waals surface area contributed by atoms with E-state index in [1.807, 2.05) is 49.3 Å². The standard InChI is InChI=1S/C32H39Cl2N5O3/c1-35-23-8-4-6-21(28(23)33)22-7-5-9-24(29(22)34)37-27(40)19-38(3)26-10-16-39(18-25(26)36-2)17-15-31-11-13-32(20-31,14-12-31)30(41)42/h4-9,35H,2,10-20H2,1,3H3,(H,37,40)(H,41,42). The van der Waals surface area contributed by atoms with Gasteiger partial charge in [-0.05, 0) is 69.3 Å². The molecular weight excluding hydrogens is 573 g/mol. The Kier molecular flexibility index (Phi) is 8.88. The maximum atomic E-state index is 13.1. The number of carboxylic acid groups (broad SMARTS) is 1. The first-order valence-electron chi connectivity index (χ1n) is 14.5. The summed E-state index contributed by atoms with van der Waals surface area (Å²) in [7, 11) is 3.71. The van der Waals surface area contributed by atoms with E-state index < -0.39 is 11.4 Å². The van der Waals surface area contributed by atoms with Crippen LogP contribution in [0.5, 0.6) is 0 Å². The van der Waals surface area contributed by atoms with Crippen molar-refractivity contribution >= 4 is 53.2 Å². The van der Waals surface area contributed by atoms with Crippen LogP contribution >= 0.6 is 23.2 Å². The number of aliphatic carboxylic acids is 1. The molecule has 0 radical (unpaired) electrons. The number of amides is 1. The summed E-state index contributed by atoms with van der Waals surface area (Å²) in [4.78, 5) is 33.6. The molecule has 0 unspecified atom stereocenters. The molecule has 2 aromatic carbocycles. The average Bonchev–Trinajstić information content (AvgIpc) is 3.56. The van der Waals surface area contributed by atoms with Crippen LogP contribution in [0, 0.1) is 10.8 Å². The molecule has 2 saturated carbocycles. The molecule has 1 aliphatic heterocycles. The highest BCUT2D eigenvalue weighted by atomic mass is 35.5. The number of rotatable bonds is 11. The third kappa shape index (κ3) is 5.90. The second kappa shape index (κ2) is 12.3. The molecule has 0 atom stereocenters. The van der Waals surface area contributed by atoms with E-state index in [-0.39, 0.29) is 17.9 Å². The van der Waals surface area contributed by atoms with E-state index in [1.165, 1.54) is 0 Å². The number of aliphatic imine (C=N–C) groups is 1. The Hall–Kier alpha value is -3.07. The monoisotopic (exact) mass is 611 g/mol. The van der Waals surface area contributed by atoms with Crippen molar-refractivity contribution in [3.63, 3.8) is 0 Å². The summed E-state index contributed by atoms with van der Waals surface area (Å²) < 4.78 is 0. The quantitative estimate of drug-likeness (QED) is 0.247. The van der Waals surface area contributed by atoms with E-state index in [0.29, 0.717) is 22.3 Å². The van der Waals surface area contributed by atoms with Gasteiger partial charge in [-0.2, -0.15) is 0 Å². The highest BCUT2D eigenvalue weighted by Crippen LogP contribution is 2.63. The minimum Gasteiger partial charge on any atom is -0.481 e. The molecule has 3 N–H and O–H groups in total. The van der Waals surface area contributed by atoms with Gasteiger partial charge >= 0.3 is 5.97 Å². The fourth-order valence-corrected chi connectivity index (χ4v) is 7.75. The fraction of sp³-hybridized carbons (Fsp3) is 0.469. The number of likely N-dealkylation sites (N-methyl/N-ethyl adjacent to an activating group) is 1. The number of nitrogens with one attached hydrogen (secondary N) is 2. The first-order valence-corrected chi connectivity index (χ1v) is 15.3. The lowest BCUT2D eigenvalue weighted by Gasteiger charge is -2.35. The number of carbonyl (C=O) groups excluding carboxylic acids is 1. The zero-order valence-corrected chi connectivity index (χ0v) is 25.8. The number of hydrogen-bond donors (Lipinski definition) is 3. The van der Waals surface area contributed by atoms with E-state index in [2.05, 4.69) is 27.2 Å². The van der Waals surface area contributed by atoms with Gasteiger partial charge in [0.05, 0.1) is 39.1 Å². The molecule has 2 fully saturated rings. The summed E-state index contributed by atoms with van der Waals surface area (Å²) in [5.74, 6) is -0.801. The van der Waals surface area contributed by atoms with Crippen LogP contribution in [0.15, 0.2) is 52.8 Å². The largest absolute Gasteiger partial charge is 0.481 e. The molecular formula is C32H39Cl2N5O3. The molecule has 1 heterocycles. The average molecular weight is 613 g/mol. The summed E-state index contributed by atoms with van der Waals surface area (Å²) >= 11 is 13.3. The minimum absolute atomic E-state index is 0.144. The van der Waals surface area contributed by atoms with E-state index in [9.17, 15) is 14.7 Å². The molecule has 5 rings (SSSR count). The second-order valence-electron chi connectivity index (χ2n) is 12.1. The number of carboxylic acids is 1. The summed E-state index contributed by atoms with van der Waals surface area (Å²) in [5, 5.41) is 16.8. The van der Waals surface area contributed by atoms with Gasteiger partial charge in [0.2, 0.25) is 5.91 Å². The predicted octanol–water partition coefficient (Wildman–Crippen LogP) is 6.62. The van der Waals surface area contributed by atoms with Gasteiger partial charge in [-0.25, -0.2) is 0 Å². The highest BCUT2D eigenvalue weighted by Gasteiger charge is 2.57. The third-order valence-electron chi connectivity index (χ3n) is 9.63. The second-order valence-corrected chi connectivity index (χ2v) is 12.8. The van der Waals surface area contributed by atoms with Gasteiger partial charge in [0.25, 0.3) is 0 Å². The van der Waals surface area contributed by atoms with Gasteiger partial charge in [0.1, 0.15) is 0 Å². The normalized spacial score (nSPS) is 23.6. The molecule has 10 heteroatoms. The van der Waals surface area contributed by atoms with Crippen LogP contribution in [0.25, 0.3) is 11.1 Å². The first kappa shape index (κ1) is 30.4. The van der Waals surface area contributed by atoms with E-state index in [4.69, 9.17) is 23.2 Å². The maximum Gasteiger partial charge on any atom is 0.309 e.